The van der Waals surface area contributed by atoms with Crippen molar-refractivity contribution in [2.24, 2.45) is 0 Å². The second kappa shape index (κ2) is 7.51. The van der Waals surface area contributed by atoms with Crippen LogP contribution in [0.25, 0.3) is 0 Å². The summed E-state index contributed by atoms with van der Waals surface area (Å²) in [7, 11) is 1.97. The monoisotopic (exact) mass is 369 g/mol. The Labute approximate surface area is 138 Å². The first-order chi connectivity index (χ1) is 9.60. The molecule has 0 saturated carbocycles. The lowest BCUT2D eigenvalue weighted by Crippen LogP contribution is -2.12. The van der Waals surface area contributed by atoms with Crippen molar-refractivity contribution in [2.45, 2.75) is 23.6 Å². The lowest BCUT2D eigenvalue weighted by Gasteiger charge is -2.13. The molecule has 2 aromatic rings. The Hall–Kier alpha value is -0.480. The zero-order valence-corrected chi connectivity index (χ0v) is 14.6. The predicted octanol–water partition coefficient (Wildman–Crippen LogP) is 5.68. The maximum atomic E-state index is 5.89. The zero-order valence-electron chi connectivity index (χ0n) is 11.5. The molecule has 0 radical (unpaired) electrons. The van der Waals surface area contributed by atoms with Gasteiger partial charge in [0.2, 0.25) is 0 Å². The van der Waals surface area contributed by atoms with Crippen LogP contribution in [-0.4, -0.2) is 7.05 Å². The highest BCUT2D eigenvalue weighted by atomic mass is 79.9. The second-order valence-corrected chi connectivity index (χ2v) is 6.95. The van der Waals surface area contributed by atoms with Gasteiger partial charge in [0.15, 0.2) is 0 Å². The van der Waals surface area contributed by atoms with Gasteiger partial charge in [-0.2, -0.15) is 0 Å². The summed E-state index contributed by atoms with van der Waals surface area (Å²) in [5.74, 6) is 0.949. The van der Waals surface area contributed by atoms with Gasteiger partial charge >= 0.3 is 0 Å². The lowest BCUT2D eigenvalue weighted by atomic mass is 10.1. The van der Waals surface area contributed by atoms with Crippen LogP contribution in [0.5, 0.6) is 0 Å². The molecule has 0 amide bonds. The van der Waals surface area contributed by atoms with Crippen molar-refractivity contribution in [1.82, 2.24) is 5.32 Å². The van der Waals surface area contributed by atoms with E-state index in [0.29, 0.717) is 6.04 Å². The summed E-state index contributed by atoms with van der Waals surface area (Å²) in [6.45, 7) is 2.15. The predicted molar refractivity (Wildman–Crippen MR) is 92.6 cm³/mol. The maximum absolute atomic E-state index is 5.89. The number of hydrogen-bond donors (Lipinski definition) is 1. The highest BCUT2D eigenvalue weighted by Gasteiger charge is 2.08. The first-order valence-corrected chi connectivity index (χ1v) is 8.59. The number of benzene rings is 2. The molecule has 2 rings (SSSR count). The molecule has 1 unspecified atom stereocenters. The fourth-order valence-corrected chi connectivity index (χ4v) is 3.74. The van der Waals surface area contributed by atoms with Gasteiger partial charge in [0, 0.05) is 26.2 Å². The molecule has 1 atom stereocenters. The Morgan fingerprint density at radius 1 is 1.20 bits per heavy atom. The van der Waals surface area contributed by atoms with Crippen LogP contribution in [0.3, 0.4) is 0 Å². The van der Waals surface area contributed by atoms with Crippen LogP contribution in [0, 0.1) is 0 Å². The zero-order chi connectivity index (χ0) is 14.5. The topological polar surface area (TPSA) is 12.0 Å². The van der Waals surface area contributed by atoms with Crippen LogP contribution in [0.15, 0.2) is 51.8 Å². The smallest absolute Gasteiger partial charge is 0.0406 e. The summed E-state index contributed by atoms with van der Waals surface area (Å²) in [5, 5.41) is 4.04. The molecule has 106 valence electrons. The van der Waals surface area contributed by atoms with Crippen molar-refractivity contribution in [3.63, 3.8) is 0 Å². The number of nitrogens with one attached hydrogen (secondary N) is 1. The lowest BCUT2D eigenvalue weighted by molar-refractivity contribution is 0.649. The minimum Gasteiger partial charge on any atom is -0.313 e. The van der Waals surface area contributed by atoms with Gasteiger partial charge in [-0.15, -0.1) is 11.8 Å². The molecule has 0 aliphatic rings. The van der Waals surface area contributed by atoms with E-state index >= 15 is 0 Å². The maximum Gasteiger partial charge on any atom is 0.0406 e. The van der Waals surface area contributed by atoms with Gasteiger partial charge in [0.1, 0.15) is 0 Å². The third-order valence-electron chi connectivity index (χ3n) is 3.19. The van der Waals surface area contributed by atoms with Crippen LogP contribution >= 0.6 is 39.3 Å². The first-order valence-electron chi connectivity index (χ1n) is 6.44. The molecule has 0 spiro atoms. The van der Waals surface area contributed by atoms with Gasteiger partial charge < -0.3 is 5.32 Å². The highest BCUT2D eigenvalue weighted by Crippen LogP contribution is 2.30. The van der Waals surface area contributed by atoms with Crippen LogP contribution in [-0.2, 0) is 5.75 Å². The number of halogens is 2. The fraction of sp³-hybridized carbons (Fsp3) is 0.250. The van der Waals surface area contributed by atoms with Crippen molar-refractivity contribution < 1.29 is 0 Å². The molecule has 0 aromatic heterocycles. The van der Waals surface area contributed by atoms with E-state index in [4.69, 9.17) is 11.6 Å². The Balaban J connectivity index is 2.03. The van der Waals surface area contributed by atoms with Gasteiger partial charge in [-0.05, 0) is 49.4 Å². The summed E-state index contributed by atoms with van der Waals surface area (Å²) in [6, 6.07) is 14.9. The summed E-state index contributed by atoms with van der Waals surface area (Å²) in [4.78, 5) is 1.26. The van der Waals surface area contributed by atoms with E-state index in [0.717, 1.165) is 15.2 Å². The second-order valence-electron chi connectivity index (χ2n) is 4.61. The van der Waals surface area contributed by atoms with E-state index in [1.165, 1.54) is 16.0 Å². The molecule has 4 heteroatoms. The summed E-state index contributed by atoms with van der Waals surface area (Å²) < 4.78 is 1.15. The molecule has 0 heterocycles. The van der Waals surface area contributed by atoms with Crippen molar-refractivity contribution in [3.8, 4) is 0 Å². The molecular weight excluding hydrogens is 354 g/mol. The van der Waals surface area contributed by atoms with Crippen LogP contribution < -0.4 is 5.32 Å². The Morgan fingerprint density at radius 2 is 1.90 bits per heavy atom. The normalized spacial score (nSPS) is 12.4. The van der Waals surface area contributed by atoms with Gasteiger partial charge in [0.05, 0.1) is 0 Å². The average molecular weight is 371 g/mol. The average Bonchev–Trinajstić information content (AvgIpc) is 2.46. The molecule has 2 aromatic carbocycles. The van der Waals surface area contributed by atoms with Crippen molar-refractivity contribution >= 4 is 39.3 Å². The molecule has 0 aliphatic carbocycles. The van der Waals surface area contributed by atoms with E-state index in [2.05, 4.69) is 58.5 Å². The molecule has 1 N–H and O–H groups in total. The standard InChI is InChI=1S/C16H17BrClNS/c1-11(19-2)15-8-7-14(9-16(15)17)20-10-12-3-5-13(18)6-4-12/h3-9,11,19H,10H2,1-2H3. The summed E-state index contributed by atoms with van der Waals surface area (Å²) >= 11 is 11.4. The van der Waals surface area contributed by atoms with Crippen molar-refractivity contribution in [3.05, 3.63) is 63.1 Å². The number of rotatable bonds is 5. The third-order valence-corrected chi connectivity index (χ3v) is 5.19. The third kappa shape index (κ3) is 4.26. The molecule has 1 nitrogen and oxygen atoms in total. The van der Waals surface area contributed by atoms with Crippen molar-refractivity contribution in [2.75, 3.05) is 7.05 Å². The molecule has 0 aliphatic heterocycles. The number of hydrogen-bond acceptors (Lipinski definition) is 2. The minimum atomic E-state index is 0.347. The molecule has 0 bridgehead atoms. The SMILES string of the molecule is CNC(C)c1ccc(SCc2ccc(Cl)cc2)cc1Br. The van der Waals surface area contributed by atoms with Gasteiger partial charge in [-0.1, -0.05) is 45.7 Å². The van der Waals surface area contributed by atoms with Crippen LogP contribution in [0.4, 0.5) is 0 Å². The van der Waals surface area contributed by atoms with E-state index < -0.39 is 0 Å². The van der Waals surface area contributed by atoms with E-state index in [1.54, 1.807) is 0 Å². The van der Waals surface area contributed by atoms with Gasteiger partial charge in [0.25, 0.3) is 0 Å². The van der Waals surface area contributed by atoms with Gasteiger partial charge in [-0.3, -0.25) is 0 Å². The minimum absolute atomic E-state index is 0.347. The van der Waals surface area contributed by atoms with Crippen LogP contribution in [0.1, 0.15) is 24.1 Å². The van der Waals surface area contributed by atoms with E-state index in [9.17, 15) is 0 Å². The molecule has 20 heavy (non-hydrogen) atoms. The van der Waals surface area contributed by atoms with E-state index in [-0.39, 0.29) is 0 Å². The summed E-state index contributed by atoms with van der Waals surface area (Å²) in [6.07, 6.45) is 0. The number of thioether (sulfide) groups is 1. The molecule has 0 saturated heterocycles. The highest BCUT2D eigenvalue weighted by molar-refractivity contribution is 9.10. The quantitative estimate of drug-likeness (QED) is 0.680. The van der Waals surface area contributed by atoms with Crippen LogP contribution in [0.2, 0.25) is 5.02 Å². The first kappa shape index (κ1) is 15.9. The molecular formula is C16H17BrClNS. The van der Waals surface area contributed by atoms with E-state index in [1.807, 2.05) is 30.9 Å². The molecule has 0 fully saturated rings. The van der Waals surface area contributed by atoms with Gasteiger partial charge in [-0.25, -0.2) is 0 Å². The Kier molecular flexibility index (Phi) is 5.97. The largest absolute Gasteiger partial charge is 0.313 e. The Bertz CT molecular complexity index is 571. The summed E-state index contributed by atoms with van der Waals surface area (Å²) in [5.41, 5.74) is 2.56. The fourth-order valence-electron chi connectivity index (χ4n) is 1.85. The van der Waals surface area contributed by atoms with Crippen molar-refractivity contribution in [1.29, 1.82) is 0 Å². The Morgan fingerprint density at radius 3 is 2.50 bits per heavy atom.